The zero-order valence-corrected chi connectivity index (χ0v) is 11.7. The fraction of sp³-hybridized carbons (Fsp3) is 0.235. The van der Waals surface area contributed by atoms with Gasteiger partial charge < -0.3 is 4.90 Å². The lowest BCUT2D eigenvalue weighted by molar-refractivity contribution is 0.112. The van der Waals surface area contributed by atoms with E-state index in [2.05, 4.69) is 43.1 Å². The molecule has 2 rings (SSSR count). The van der Waals surface area contributed by atoms with Crippen molar-refractivity contribution in [3.63, 3.8) is 0 Å². The van der Waals surface area contributed by atoms with Crippen LogP contribution in [0.5, 0.6) is 0 Å². The number of aryl methyl sites for hydroxylation is 2. The number of anilines is 1. The minimum atomic E-state index is 0.727. The molecule has 0 spiro atoms. The van der Waals surface area contributed by atoms with E-state index in [4.69, 9.17) is 0 Å². The van der Waals surface area contributed by atoms with Crippen LogP contribution in [0.4, 0.5) is 5.69 Å². The normalized spacial score (nSPS) is 10.3. The van der Waals surface area contributed by atoms with Crippen LogP contribution in [0.25, 0.3) is 0 Å². The maximum Gasteiger partial charge on any atom is 0.150 e. The number of benzene rings is 2. The molecule has 0 amide bonds. The Bertz CT molecular complexity index is 590. The predicted molar refractivity (Wildman–Crippen MR) is 79.9 cm³/mol. The summed E-state index contributed by atoms with van der Waals surface area (Å²) in [5, 5.41) is 0. The Morgan fingerprint density at radius 3 is 2.42 bits per heavy atom. The van der Waals surface area contributed by atoms with Gasteiger partial charge >= 0.3 is 0 Å². The van der Waals surface area contributed by atoms with Gasteiger partial charge in [-0.3, -0.25) is 4.79 Å². The van der Waals surface area contributed by atoms with Crippen LogP contribution in [0.15, 0.2) is 42.5 Å². The molecular formula is C17H19NO. The van der Waals surface area contributed by atoms with Crippen molar-refractivity contribution in [3.8, 4) is 0 Å². The van der Waals surface area contributed by atoms with E-state index in [9.17, 15) is 4.79 Å². The van der Waals surface area contributed by atoms with Crippen molar-refractivity contribution >= 4 is 12.0 Å². The second kappa shape index (κ2) is 5.70. The van der Waals surface area contributed by atoms with Gasteiger partial charge in [0, 0.05) is 24.8 Å². The Morgan fingerprint density at radius 1 is 1.05 bits per heavy atom. The lowest BCUT2D eigenvalue weighted by Gasteiger charge is -2.22. The van der Waals surface area contributed by atoms with E-state index in [1.807, 2.05) is 25.1 Å². The van der Waals surface area contributed by atoms with E-state index < -0.39 is 0 Å². The Hall–Kier alpha value is -2.09. The summed E-state index contributed by atoms with van der Waals surface area (Å²) in [4.78, 5) is 13.0. The highest BCUT2D eigenvalue weighted by Crippen LogP contribution is 2.22. The zero-order valence-electron chi connectivity index (χ0n) is 11.7. The summed E-state index contributed by atoms with van der Waals surface area (Å²) in [6, 6.07) is 14.2. The van der Waals surface area contributed by atoms with Crippen molar-refractivity contribution in [2.45, 2.75) is 20.4 Å². The molecule has 0 saturated carbocycles. The number of aldehydes is 1. The highest BCUT2D eigenvalue weighted by atomic mass is 16.1. The summed E-state index contributed by atoms with van der Waals surface area (Å²) >= 11 is 0. The monoisotopic (exact) mass is 253 g/mol. The second-order valence-corrected chi connectivity index (χ2v) is 4.95. The van der Waals surface area contributed by atoms with Crippen LogP contribution >= 0.6 is 0 Å². The molecule has 0 aliphatic carbocycles. The molecule has 0 fully saturated rings. The summed E-state index contributed by atoms with van der Waals surface area (Å²) in [5.41, 5.74) is 5.64. The third-order valence-corrected chi connectivity index (χ3v) is 3.44. The molecule has 0 radical (unpaired) electrons. The first-order chi connectivity index (χ1) is 9.11. The van der Waals surface area contributed by atoms with E-state index in [1.54, 1.807) is 0 Å². The molecule has 0 aromatic heterocycles. The van der Waals surface area contributed by atoms with E-state index in [-0.39, 0.29) is 0 Å². The highest BCUT2D eigenvalue weighted by Gasteiger charge is 2.07. The average molecular weight is 253 g/mol. The van der Waals surface area contributed by atoms with Gasteiger partial charge in [0.25, 0.3) is 0 Å². The predicted octanol–water partition coefficient (Wildman–Crippen LogP) is 3.75. The highest BCUT2D eigenvalue weighted by molar-refractivity contribution is 5.76. The number of nitrogens with zero attached hydrogens (tertiary/aromatic N) is 1. The van der Waals surface area contributed by atoms with Gasteiger partial charge in [-0.2, -0.15) is 0 Å². The number of carbonyl (C=O) groups is 1. The topological polar surface area (TPSA) is 20.3 Å². The van der Waals surface area contributed by atoms with Crippen LogP contribution in [0.1, 0.15) is 27.0 Å². The first-order valence-corrected chi connectivity index (χ1v) is 6.43. The third kappa shape index (κ3) is 3.02. The Kier molecular flexibility index (Phi) is 4.00. The number of hydrogen-bond acceptors (Lipinski definition) is 2. The van der Waals surface area contributed by atoms with Crippen LogP contribution in [-0.2, 0) is 6.54 Å². The average Bonchev–Trinajstić information content (AvgIpc) is 2.41. The molecule has 2 aromatic rings. The zero-order chi connectivity index (χ0) is 13.8. The Labute approximate surface area is 114 Å². The van der Waals surface area contributed by atoms with Crippen LogP contribution in [0.3, 0.4) is 0 Å². The molecule has 0 heterocycles. The van der Waals surface area contributed by atoms with Gasteiger partial charge in [0.2, 0.25) is 0 Å². The van der Waals surface area contributed by atoms with Crippen molar-refractivity contribution < 1.29 is 4.79 Å². The number of hydrogen-bond donors (Lipinski definition) is 0. The van der Waals surface area contributed by atoms with Crippen molar-refractivity contribution in [2.75, 3.05) is 11.9 Å². The van der Waals surface area contributed by atoms with Gasteiger partial charge in [0.05, 0.1) is 0 Å². The molecule has 2 heteroatoms. The van der Waals surface area contributed by atoms with Crippen molar-refractivity contribution in [2.24, 2.45) is 0 Å². The lowest BCUT2D eigenvalue weighted by atomic mass is 10.1. The van der Waals surface area contributed by atoms with E-state index in [1.165, 1.54) is 11.1 Å². The van der Waals surface area contributed by atoms with Gasteiger partial charge in [0.1, 0.15) is 6.29 Å². The van der Waals surface area contributed by atoms with Gasteiger partial charge in [-0.25, -0.2) is 0 Å². The molecular weight excluding hydrogens is 234 g/mol. The first kappa shape index (κ1) is 13.3. The summed E-state index contributed by atoms with van der Waals surface area (Å²) in [7, 11) is 2.08. The summed E-state index contributed by atoms with van der Waals surface area (Å²) in [6.07, 6.45) is 0.887. The summed E-state index contributed by atoms with van der Waals surface area (Å²) in [5.74, 6) is 0. The third-order valence-electron chi connectivity index (χ3n) is 3.44. The molecule has 0 unspecified atom stereocenters. The van der Waals surface area contributed by atoms with Crippen LogP contribution < -0.4 is 4.90 Å². The van der Waals surface area contributed by atoms with Crippen LogP contribution in [0.2, 0.25) is 0 Å². The molecule has 2 aromatic carbocycles. The minimum Gasteiger partial charge on any atom is -0.370 e. The van der Waals surface area contributed by atoms with E-state index >= 15 is 0 Å². The second-order valence-electron chi connectivity index (χ2n) is 4.95. The molecule has 0 saturated heterocycles. The lowest BCUT2D eigenvalue weighted by Crippen LogP contribution is -2.18. The van der Waals surface area contributed by atoms with Gasteiger partial charge in [-0.05, 0) is 48.7 Å². The molecule has 2 nitrogen and oxygen atoms in total. The summed E-state index contributed by atoms with van der Waals surface area (Å²) in [6.45, 7) is 5.04. The SMILES string of the molecule is Cc1ccccc1CN(C)c1ccc(C=O)cc1C. The van der Waals surface area contributed by atoms with Crippen molar-refractivity contribution in [3.05, 3.63) is 64.7 Å². The Balaban J connectivity index is 2.23. The fourth-order valence-electron chi connectivity index (χ4n) is 2.31. The quantitative estimate of drug-likeness (QED) is 0.773. The van der Waals surface area contributed by atoms with Crippen molar-refractivity contribution in [1.82, 2.24) is 0 Å². The maximum absolute atomic E-state index is 10.8. The van der Waals surface area contributed by atoms with Gasteiger partial charge in [-0.15, -0.1) is 0 Å². The minimum absolute atomic E-state index is 0.727. The molecule has 98 valence electrons. The van der Waals surface area contributed by atoms with E-state index in [0.717, 1.165) is 29.6 Å². The van der Waals surface area contributed by atoms with Gasteiger partial charge in [0.15, 0.2) is 0 Å². The van der Waals surface area contributed by atoms with Crippen LogP contribution in [-0.4, -0.2) is 13.3 Å². The van der Waals surface area contributed by atoms with E-state index in [0.29, 0.717) is 0 Å². The molecule has 0 aliphatic heterocycles. The first-order valence-electron chi connectivity index (χ1n) is 6.43. The van der Waals surface area contributed by atoms with Gasteiger partial charge in [-0.1, -0.05) is 24.3 Å². The fourth-order valence-corrected chi connectivity index (χ4v) is 2.31. The smallest absolute Gasteiger partial charge is 0.150 e. The molecule has 0 bridgehead atoms. The summed E-state index contributed by atoms with van der Waals surface area (Å²) < 4.78 is 0. The molecule has 0 atom stereocenters. The standard InChI is InChI=1S/C17H19NO/c1-13-6-4-5-7-16(13)11-18(3)17-9-8-15(12-19)10-14(17)2/h4-10,12H,11H2,1-3H3. The maximum atomic E-state index is 10.8. The number of carbonyl (C=O) groups excluding carboxylic acids is 1. The molecule has 0 N–H and O–H groups in total. The largest absolute Gasteiger partial charge is 0.370 e. The Morgan fingerprint density at radius 2 is 1.79 bits per heavy atom. The van der Waals surface area contributed by atoms with Crippen LogP contribution in [0, 0.1) is 13.8 Å². The number of rotatable bonds is 4. The molecule has 0 aliphatic rings. The molecule has 19 heavy (non-hydrogen) atoms. The van der Waals surface area contributed by atoms with Crippen molar-refractivity contribution in [1.29, 1.82) is 0 Å².